The SMILES string of the molecule is COc1ccc(CN2CC(=O)N(CCCCF)[C@@H](C)C2=O)cc1. The van der Waals surface area contributed by atoms with Crippen LogP contribution in [0.2, 0.25) is 0 Å². The van der Waals surface area contributed by atoms with Gasteiger partial charge in [0.05, 0.1) is 13.8 Å². The Kier molecular flexibility index (Phi) is 5.96. The van der Waals surface area contributed by atoms with Gasteiger partial charge in [0.25, 0.3) is 0 Å². The van der Waals surface area contributed by atoms with Crippen molar-refractivity contribution < 1.29 is 18.7 Å². The van der Waals surface area contributed by atoms with Gasteiger partial charge in [0, 0.05) is 13.1 Å². The summed E-state index contributed by atoms with van der Waals surface area (Å²) in [6.07, 6.45) is 0.999. The maximum Gasteiger partial charge on any atom is 0.245 e. The minimum Gasteiger partial charge on any atom is -0.497 e. The number of ether oxygens (including phenoxy) is 1. The molecule has 1 atom stereocenters. The quantitative estimate of drug-likeness (QED) is 0.722. The summed E-state index contributed by atoms with van der Waals surface area (Å²) in [6.45, 7) is 2.25. The topological polar surface area (TPSA) is 49.9 Å². The maximum absolute atomic E-state index is 12.5. The van der Waals surface area contributed by atoms with E-state index in [0.29, 0.717) is 25.9 Å². The molecule has 2 rings (SSSR count). The van der Waals surface area contributed by atoms with Gasteiger partial charge in [-0.2, -0.15) is 0 Å². The first-order valence-corrected chi connectivity index (χ1v) is 7.84. The van der Waals surface area contributed by atoms with Crippen LogP contribution in [0.3, 0.4) is 0 Å². The molecule has 1 saturated heterocycles. The fourth-order valence-electron chi connectivity index (χ4n) is 2.73. The van der Waals surface area contributed by atoms with Crippen LogP contribution in [0.25, 0.3) is 0 Å². The number of hydrogen-bond donors (Lipinski definition) is 0. The fraction of sp³-hybridized carbons (Fsp3) is 0.529. The van der Waals surface area contributed by atoms with Gasteiger partial charge in [-0.15, -0.1) is 0 Å². The summed E-state index contributed by atoms with van der Waals surface area (Å²) in [5.41, 5.74) is 0.949. The number of halogens is 1. The number of piperazine rings is 1. The smallest absolute Gasteiger partial charge is 0.245 e. The molecule has 1 heterocycles. The minimum atomic E-state index is -0.492. The van der Waals surface area contributed by atoms with Gasteiger partial charge in [0.15, 0.2) is 0 Å². The van der Waals surface area contributed by atoms with Crippen LogP contribution in [0.5, 0.6) is 5.75 Å². The van der Waals surface area contributed by atoms with E-state index in [2.05, 4.69) is 0 Å². The molecule has 0 aromatic heterocycles. The number of unbranched alkanes of at least 4 members (excludes halogenated alkanes) is 1. The molecular weight excluding hydrogens is 299 g/mol. The zero-order valence-corrected chi connectivity index (χ0v) is 13.6. The van der Waals surface area contributed by atoms with Crippen molar-refractivity contribution in [2.75, 3.05) is 26.9 Å². The van der Waals surface area contributed by atoms with Gasteiger partial charge in [0.2, 0.25) is 11.8 Å². The average Bonchev–Trinajstić information content (AvgIpc) is 2.56. The Balaban J connectivity index is 1.99. The summed E-state index contributed by atoms with van der Waals surface area (Å²) in [7, 11) is 1.60. The molecule has 1 aromatic rings. The molecular formula is C17H23FN2O3. The number of carbonyl (C=O) groups excluding carboxylic acids is 2. The van der Waals surface area contributed by atoms with Crippen molar-refractivity contribution in [1.82, 2.24) is 9.80 Å². The highest BCUT2D eigenvalue weighted by Crippen LogP contribution is 2.18. The van der Waals surface area contributed by atoms with Crippen LogP contribution in [-0.4, -0.2) is 54.5 Å². The zero-order valence-electron chi connectivity index (χ0n) is 13.6. The third kappa shape index (κ3) is 4.21. The molecule has 0 spiro atoms. The number of methoxy groups -OCH3 is 1. The van der Waals surface area contributed by atoms with Crippen LogP contribution in [0.1, 0.15) is 25.3 Å². The third-order valence-electron chi connectivity index (χ3n) is 4.10. The van der Waals surface area contributed by atoms with E-state index in [4.69, 9.17) is 4.74 Å². The van der Waals surface area contributed by atoms with Crippen molar-refractivity contribution in [3.8, 4) is 5.75 Å². The first-order chi connectivity index (χ1) is 11.1. The number of rotatable bonds is 7. The summed E-state index contributed by atoms with van der Waals surface area (Å²) < 4.78 is 17.3. The predicted octanol–water partition coefficient (Wildman–Crippen LogP) is 2.00. The second kappa shape index (κ2) is 7.94. The van der Waals surface area contributed by atoms with Crippen LogP contribution < -0.4 is 4.74 Å². The molecule has 1 aliphatic rings. The molecule has 126 valence electrons. The molecule has 0 radical (unpaired) electrons. The average molecular weight is 322 g/mol. The van der Waals surface area contributed by atoms with Crippen LogP contribution in [0.15, 0.2) is 24.3 Å². The van der Waals surface area contributed by atoms with Gasteiger partial charge in [0.1, 0.15) is 18.3 Å². The summed E-state index contributed by atoms with van der Waals surface area (Å²) >= 11 is 0. The Bertz CT molecular complexity index is 547. The molecule has 0 bridgehead atoms. The summed E-state index contributed by atoms with van der Waals surface area (Å²) in [4.78, 5) is 27.9. The Morgan fingerprint density at radius 1 is 1.22 bits per heavy atom. The highest BCUT2D eigenvalue weighted by molar-refractivity contribution is 5.94. The first kappa shape index (κ1) is 17.2. The number of hydrogen-bond acceptors (Lipinski definition) is 3. The molecule has 1 aromatic carbocycles. The van der Waals surface area contributed by atoms with Gasteiger partial charge in [-0.3, -0.25) is 14.0 Å². The minimum absolute atomic E-state index is 0.0688. The molecule has 0 N–H and O–H groups in total. The Hall–Kier alpha value is -2.11. The van der Waals surface area contributed by atoms with Gasteiger partial charge in [-0.05, 0) is 37.5 Å². The van der Waals surface area contributed by atoms with Crippen molar-refractivity contribution >= 4 is 11.8 Å². The van der Waals surface area contributed by atoms with Gasteiger partial charge in [-0.25, -0.2) is 0 Å². The molecule has 23 heavy (non-hydrogen) atoms. The maximum atomic E-state index is 12.5. The normalized spacial score (nSPS) is 18.5. The third-order valence-corrected chi connectivity index (χ3v) is 4.10. The standard InChI is InChI=1S/C17H23FN2O3/c1-13-17(22)19(11-14-5-7-15(23-2)8-6-14)12-16(21)20(13)10-4-3-9-18/h5-8,13H,3-4,9-12H2,1-2H3/t13-/m0/s1. The van der Waals surface area contributed by atoms with Crippen molar-refractivity contribution in [1.29, 1.82) is 0 Å². The van der Waals surface area contributed by atoms with E-state index >= 15 is 0 Å². The van der Waals surface area contributed by atoms with E-state index in [1.165, 1.54) is 0 Å². The van der Waals surface area contributed by atoms with Crippen LogP contribution in [0.4, 0.5) is 4.39 Å². The van der Waals surface area contributed by atoms with E-state index in [-0.39, 0.29) is 18.4 Å². The number of benzene rings is 1. The van der Waals surface area contributed by atoms with E-state index in [0.717, 1.165) is 11.3 Å². The highest BCUT2D eigenvalue weighted by atomic mass is 19.1. The molecule has 6 heteroatoms. The zero-order chi connectivity index (χ0) is 16.8. The lowest BCUT2D eigenvalue weighted by Crippen LogP contribution is -2.58. The Labute approximate surface area is 136 Å². The first-order valence-electron chi connectivity index (χ1n) is 7.84. The van der Waals surface area contributed by atoms with Crippen LogP contribution >= 0.6 is 0 Å². The molecule has 1 aliphatic heterocycles. The molecule has 0 aliphatic carbocycles. The molecule has 5 nitrogen and oxygen atoms in total. The lowest BCUT2D eigenvalue weighted by molar-refractivity contribution is -0.155. The number of amides is 2. The van der Waals surface area contributed by atoms with E-state index < -0.39 is 12.7 Å². The van der Waals surface area contributed by atoms with E-state index in [1.54, 1.807) is 23.8 Å². The lowest BCUT2D eigenvalue weighted by atomic mass is 10.1. The van der Waals surface area contributed by atoms with Crippen molar-refractivity contribution in [3.63, 3.8) is 0 Å². The molecule has 1 fully saturated rings. The molecule has 2 amide bonds. The van der Waals surface area contributed by atoms with Crippen LogP contribution in [-0.2, 0) is 16.1 Å². The van der Waals surface area contributed by atoms with Gasteiger partial charge < -0.3 is 14.5 Å². The van der Waals surface area contributed by atoms with Crippen molar-refractivity contribution in [2.24, 2.45) is 0 Å². The van der Waals surface area contributed by atoms with Gasteiger partial charge in [-0.1, -0.05) is 12.1 Å². The lowest BCUT2D eigenvalue weighted by Gasteiger charge is -2.38. The second-order valence-corrected chi connectivity index (χ2v) is 5.70. The van der Waals surface area contributed by atoms with E-state index in [9.17, 15) is 14.0 Å². The van der Waals surface area contributed by atoms with Gasteiger partial charge >= 0.3 is 0 Å². The Morgan fingerprint density at radius 2 is 1.91 bits per heavy atom. The predicted molar refractivity (Wildman–Crippen MR) is 84.8 cm³/mol. The Morgan fingerprint density at radius 3 is 2.52 bits per heavy atom. The summed E-state index contributed by atoms with van der Waals surface area (Å²) in [6, 6.07) is 6.94. The number of alkyl halides is 1. The van der Waals surface area contributed by atoms with Crippen molar-refractivity contribution in [3.05, 3.63) is 29.8 Å². The molecule has 0 unspecified atom stereocenters. The monoisotopic (exact) mass is 322 g/mol. The number of carbonyl (C=O) groups is 2. The van der Waals surface area contributed by atoms with Crippen LogP contribution in [0, 0.1) is 0 Å². The van der Waals surface area contributed by atoms with Crippen molar-refractivity contribution in [2.45, 2.75) is 32.4 Å². The fourth-order valence-corrected chi connectivity index (χ4v) is 2.73. The summed E-state index contributed by atoms with van der Waals surface area (Å²) in [5.74, 6) is 0.604. The highest BCUT2D eigenvalue weighted by Gasteiger charge is 2.35. The second-order valence-electron chi connectivity index (χ2n) is 5.70. The summed E-state index contributed by atoms with van der Waals surface area (Å²) in [5, 5.41) is 0. The van der Waals surface area contributed by atoms with E-state index in [1.807, 2.05) is 24.3 Å². The molecule has 0 saturated carbocycles. The number of nitrogens with zero attached hydrogens (tertiary/aromatic N) is 2. The largest absolute Gasteiger partial charge is 0.497 e.